The second kappa shape index (κ2) is 5.80. The van der Waals surface area contributed by atoms with E-state index in [4.69, 9.17) is 9.47 Å². The van der Waals surface area contributed by atoms with Crippen molar-refractivity contribution in [1.82, 2.24) is 10.2 Å². The third-order valence-electron chi connectivity index (χ3n) is 6.47. The molecule has 4 heteroatoms. The van der Waals surface area contributed by atoms with Crippen molar-refractivity contribution in [3.8, 4) is 0 Å². The first-order valence-corrected chi connectivity index (χ1v) is 8.94. The molecule has 4 aliphatic heterocycles. The Kier molecular flexibility index (Phi) is 3.99. The Bertz CT molecular complexity index is 352. The summed E-state index contributed by atoms with van der Waals surface area (Å²) < 4.78 is 11.8. The standard InChI is InChI=1S/C17H30N2O2/c1-19(16-10-13-2-3-14(11-16)18-13)15-4-7-21-17(12-15)5-8-20-9-6-17/h13-16,18H,2-12H2,1H3. The molecule has 4 saturated heterocycles. The molecule has 3 unspecified atom stereocenters. The summed E-state index contributed by atoms with van der Waals surface area (Å²) >= 11 is 0. The molecule has 3 atom stereocenters. The largest absolute Gasteiger partial charge is 0.381 e. The van der Waals surface area contributed by atoms with Crippen molar-refractivity contribution in [3.63, 3.8) is 0 Å². The molecule has 0 aromatic heterocycles. The fourth-order valence-corrected chi connectivity index (χ4v) is 5.10. The van der Waals surface area contributed by atoms with Gasteiger partial charge in [-0.3, -0.25) is 0 Å². The van der Waals surface area contributed by atoms with E-state index in [-0.39, 0.29) is 5.60 Å². The van der Waals surface area contributed by atoms with Gasteiger partial charge in [-0.05, 0) is 58.4 Å². The van der Waals surface area contributed by atoms with Crippen molar-refractivity contribution < 1.29 is 9.47 Å². The molecule has 4 aliphatic rings. The highest BCUT2D eigenvalue weighted by Crippen LogP contribution is 2.38. The zero-order chi connectivity index (χ0) is 14.3. The minimum atomic E-state index is 0.126. The Morgan fingerprint density at radius 3 is 2.38 bits per heavy atom. The number of ether oxygens (including phenoxy) is 2. The van der Waals surface area contributed by atoms with E-state index in [2.05, 4.69) is 17.3 Å². The first-order chi connectivity index (χ1) is 10.2. The van der Waals surface area contributed by atoms with Gasteiger partial charge in [-0.1, -0.05) is 0 Å². The van der Waals surface area contributed by atoms with Gasteiger partial charge in [0.1, 0.15) is 0 Å². The number of nitrogens with one attached hydrogen (secondary N) is 1. The lowest BCUT2D eigenvalue weighted by Gasteiger charge is -2.48. The normalized spacial score (nSPS) is 42.6. The van der Waals surface area contributed by atoms with E-state index >= 15 is 0 Å². The lowest BCUT2D eigenvalue weighted by atomic mass is 9.82. The van der Waals surface area contributed by atoms with Crippen LogP contribution in [0.4, 0.5) is 0 Å². The molecule has 0 aliphatic carbocycles. The summed E-state index contributed by atoms with van der Waals surface area (Å²) in [4.78, 5) is 2.71. The molecular weight excluding hydrogens is 264 g/mol. The molecule has 21 heavy (non-hydrogen) atoms. The first kappa shape index (κ1) is 14.4. The molecule has 2 bridgehead atoms. The third-order valence-corrected chi connectivity index (χ3v) is 6.47. The fraction of sp³-hybridized carbons (Fsp3) is 1.00. The molecule has 4 fully saturated rings. The van der Waals surface area contributed by atoms with Gasteiger partial charge < -0.3 is 19.7 Å². The maximum absolute atomic E-state index is 6.21. The van der Waals surface area contributed by atoms with E-state index in [0.29, 0.717) is 6.04 Å². The van der Waals surface area contributed by atoms with Crippen LogP contribution >= 0.6 is 0 Å². The predicted molar refractivity (Wildman–Crippen MR) is 82.5 cm³/mol. The van der Waals surface area contributed by atoms with Crippen LogP contribution in [0.3, 0.4) is 0 Å². The predicted octanol–water partition coefficient (Wildman–Crippen LogP) is 1.93. The van der Waals surface area contributed by atoms with Crippen LogP contribution in [0.1, 0.15) is 51.4 Å². The van der Waals surface area contributed by atoms with Gasteiger partial charge in [0.15, 0.2) is 0 Å². The van der Waals surface area contributed by atoms with Gasteiger partial charge in [-0.15, -0.1) is 0 Å². The van der Waals surface area contributed by atoms with E-state index in [9.17, 15) is 0 Å². The topological polar surface area (TPSA) is 33.7 Å². The van der Waals surface area contributed by atoms with Crippen LogP contribution in [0.5, 0.6) is 0 Å². The van der Waals surface area contributed by atoms with E-state index in [1.165, 1.54) is 38.5 Å². The summed E-state index contributed by atoms with van der Waals surface area (Å²) in [6.07, 6.45) is 10.1. The second-order valence-electron chi connectivity index (χ2n) is 7.72. The van der Waals surface area contributed by atoms with Gasteiger partial charge in [0.05, 0.1) is 5.60 Å². The molecule has 4 heterocycles. The number of nitrogens with zero attached hydrogens (tertiary/aromatic N) is 1. The molecule has 0 aromatic rings. The number of rotatable bonds is 2. The molecule has 0 radical (unpaired) electrons. The quantitative estimate of drug-likeness (QED) is 0.844. The Hall–Kier alpha value is -0.160. The van der Waals surface area contributed by atoms with Gasteiger partial charge in [-0.25, -0.2) is 0 Å². The minimum absolute atomic E-state index is 0.126. The smallest absolute Gasteiger partial charge is 0.0741 e. The number of fused-ring (bicyclic) bond motifs is 2. The van der Waals surface area contributed by atoms with Crippen LogP contribution in [0.15, 0.2) is 0 Å². The van der Waals surface area contributed by atoms with Crippen LogP contribution < -0.4 is 5.32 Å². The van der Waals surface area contributed by atoms with E-state index in [0.717, 1.165) is 50.8 Å². The van der Waals surface area contributed by atoms with Crippen molar-refractivity contribution in [2.24, 2.45) is 0 Å². The molecule has 1 N–H and O–H groups in total. The SMILES string of the molecule is CN(C1CC2CCC(C1)N2)C1CCOC2(CCOCC2)C1. The van der Waals surface area contributed by atoms with Gasteiger partial charge >= 0.3 is 0 Å². The Morgan fingerprint density at radius 1 is 0.952 bits per heavy atom. The van der Waals surface area contributed by atoms with Gasteiger partial charge in [-0.2, -0.15) is 0 Å². The molecule has 4 rings (SSSR count). The van der Waals surface area contributed by atoms with E-state index < -0.39 is 0 Å². The Balaban J connectivity index is 1.40. The zero-order valence-corrected chi connectivity index (χ0v) is 13.4. The maximum atomic E-state index is 6.21. The summed E-state index contributed by atoms with van der Waals surface area (Å²) in [5.74, 6) is 0. The highest BCUT2D eigenvalue weighted by Gasteiger charge is 2.43. The van der Waals surface area contributed by atoms with E-state index in [1.807, 2.05) is 0 Å². The number of piperidine rings is 1. The van der Waals surface area contributed by atoms with Crippen LogP contribution in [0, 0.1) is 0 Å². The maximum Gasteiger partial charge on any atom is 0.0741 e. The summed E-state index contributed by atoms with van der Waals surface area (Å²) in [6.45, 7) is 2.70. The third kappa shape index (κ3) is 2.88. The lowest BCUT2D eigenvalue weighted by Crippen LogP contribution is -2.55. The lowest BCUT2D eigenvalue weighted by molar-refractivity contribution is -0.153. The van der Waals surface area contributed by atoms with Gasteiger partial charge in [0.25, 0.3) is 0 Å². The van der Waals surface area contributed by atoms with Gasteiger partial charge in [0, 0.05) is 44.0 Å². The average Bonchev–Trinajstić information content (AvgIpc) is 2.85. The highest BCUT2D eigenvalue weighted by molar-refractivity contribution is 4.98. The van der Waals surface area contributed by atoms with Crippen LogP contribution in [-0.2, 0) is 9.47 Å². The Labute approximate surface area is 128 Å². The van der Waals surface area contributed by atoms with Crippen molar-refractivity contribution in [3.05, 3.63) is 0 Å². The first-order valence-electron chi connectivity index (χ1n) is 8.94. The number of hydrogen-bond acceptors (Lipinski definition) is 4. The molecular formula is C17H30N2O2. The Morgan fingerprint density at radius 2 is 1.67 bits per heavy atom. The summed E-state index contributed by atoms with van der Waals surface area (Å²) in [7, 11) is 2.37. The molecule has 4 nitrogen and oxygen atoms in total. The molecule has 0 amide bonds. The fourth-order valence-electron chi connectivity index (χ4n) is 5.10. The van der Waals surface area contributed by atoms with E-state index in [1.54, 1.807) is 0 Å². The zero-order valence-electron chi connectivity index (χ0n) is 13.4. The monoisotopic (exact) mass is 294 g/mol. The average molecular weight is 294 g/mol. The summed E-state index contributed by atoms with van der Waals surface area (Å²) in [6, 6.07) is 3.06. The molecule has 120 valence electrons. The van der Waals surface area contributed by atoms with Crippen LogP contribution in [-0.4, -0.2) is 61.5 Å². The van der Waals surface area contributed by atoms with Crippen LogP contribution in [0.2, 0.25) is 0 Å². The second-order valence-corrected chi connectivity index (χ2v) is 7.72. The molecule has 0 aromatic carbocycles. The van der Waals surface area contributed by atoms with Crippen molar-refractivity contribution in [2.75, 3.05) is 26.9 Å². The highest BCUT2D eigenvalue weighted by atomic mass is 16.5. The van der Waals surface area contributed by atoms with Crippen molar-refractivity contribution in [1.29, 1.82) is 0 Å². The number of hydrogen-bond donors (Lipinski definition) is 1. The molecule has 1 spiro atoms. The molecule has 0 saturated carbocycles. The summed E-state index contributed by atoms with van der Waals surface area (Å²) in [5, 5.41) is 3.77. The minimum Gasteiger partial charge on any atom is -0.381 e. The van der Waals surface area contributed by atoms with Gasteiger partial charge in [0.2, 0.25) is 0 Å². The van der Waals surface area contributed by atoms with Crippen LogP contribution in [0.25, 0.3) is 0 Å². The van der Waals surface area contributed by atoms with Crippen molar-refractivity contribution >= 4 is 0 Å². The summed E-state index contributed by atoms with van der Waals surface area (Å²) in [5.41, 5.74) is 0.126. The van der Waals surface area contributed by atoms with Crippen molar-refractivity contribution in [2.45, 2.75) is 81.1 Å².